The minimum absolute atomic E-state index is 0.0109. The van der Waals surface area contributed by atoms with Gasteiger partial charge >= 0.3 is 0 Å². The average Bonchev–Trinajstić information content (AvgIpc) is 3.18. The summed E-state index contributed by atoms with van der Waals surface area (Å²) >= 11 is 0. The van der Waals surface area contributed by atoms with E-state index in [0.29, 0.717) is 12.2 Å². The van der Waals surface area contributed by atoms with Crippen molar-refractivity contribution < 1.29 is 9.84 Å². The first kappa shape index (κ1) is 20.4. The van der Waals surface area contributed by atoms with E-state index in [0.717, 1.165) is 46.9 Å². The number of fused-ring (bicyclic) bond motifs is 1. The highest BCUT2D eigenvalue weighted by Crippen LogP contribution is 2.31. The van der Waals surface area contributed by atoms with Gasteiger partial charge in [-0.2, -0.15) is 5.26 Å². The summed E-state index contributed by atoms with van der Waals surface area (Å²) in [4.78, 5) is 8.81. The predicted molar refractivity (Wildman–Crippen MR) is 116 cm³/mol. The molecule has 6 heteroatoms. The highest BCUT2D eigenvalue weighted by Gasteiger charge is 2.16. The summed E-state index contributed by atoms with van der Waals surface area (Å²) in [6.45, 7) is 3.24. The van der Waals surface area contributed by atoms with Crippen LogP contribution in [0, 0.1) is 24.2 Å². The topological polar surface area (TPSA) is 84.0 Å². The molecule has 1 aliphatic rings. The van der Waals surface area contributed by atoms with Gasteiger partial charge in [-0.1, -0.05) is 32.1 Å². The molecule has 1 N–H and O–H groups in total. The molecule has 1 aromatic carbocycles. The number of aryl methyl sites for hydroxylation is 1. The van der Waals surface area contributed by atoms with Crippen molar-refractivity contribution in [2.75, 3.05) is 13.2 Å². The Labute approximate surface area is 177 Å². The third-order valence-corrected chi connectivity index (χ3v) is 6.02. The van der Waals surface area contributed by atoms with Crippen molar-refractivity contribution in [1.82, 2.24) is 14.5 Å². The Hall–Kier alpha value is -2.91. The molecule has 1 saturated carbocycles. The van der Waals surface area contributed by atoms with E-state index >= 15 is 0 Å². The number of hydrogen-bond acceptors (Lipinski definition) is 5. The lowest BCUT2D eigenvalue weighted by Crippen LogP contribution is -2.11. The highest BCUT2D eigenvalue weighted by atomic mass is 16.5. The van der Waals surface area contributed by atoms with Crippen molar-refractivity contribution in [3.63, 3.8) is 0 Å². The minimum atomic E-state index is 0.0109. The molecular formula is C24H28N4O2. The van der Waals surface area contributed by atoms with E-state index in [2.05, 4.69) is 22.1 Å². The molecule has 0 radical (unpaired) electrons. The Morgan fingerprint density at radius 1 is 1.20 bits per heavy atom. The number of aromatic nitrogens is 3. The second-order valence-corrected chi connectivity index (χ2v) is 8.10. The van der Waals surface area contributed by atoms with Gasteiger partial charge in [0.2, 0.25) is 5.82 Å². The number of nitriles is 1. The first-order valence-corrected chi connectivity index (χ1v) is 10.8. The molecule has 0 bridgehead atoms. The van der Waals surface area contributed by atoms with E-state index in [1.807, 2.05) is 35.9 Å². The Bertz CT molecular complexity index is 1060. The molecule has 0 amide bonds. The van der Waals surface area contributed by atoms with E-state index in [1.54, 1.807) is 0 Å². The van der Waals surface area contributed by atoms with Gasteiger partial charge in [0.15, 0.2) is 0 Å². The zero-order chi connectivity index (χ0) is 20.9. The third kappa shape index (κ3) is 4.31. The summed E-state index contributed by atoms with van der Waals surface area (Å²) in [5.74, 6) is 1.83. The van der Waals surface area contributed by atoms with Gasteiger partial charge in [0.05, 0.1) is 18.9 Å². The number of ether oxygens (including phenoxy) is 1. The second-order valence-electron chi connectivity index (χ2n) is 8.10. The first-order chi connectivity index (χ1) is 14.7. The maximum atomic E-state index is 9.38. The summed E-state index contributed by atoms with van der Waals surface area (Å²) in [7, 11) is 0. The lowest BCUT2D eigenvalue weighted by molar-refractivity contribution is 0.245. The summed E-state index contributed by atoms with van der Waals surface area (Å²) < 4.78 is 7.93. The van der Waals surface area contributed by atoms with Crippen LogP contribution in [0.3, 0.4) is 0 Å². The second kappa shape index (κ2) is 9.27. The van der Waals surface area contributed by atoms with Gasteiger partial charge < -0.3 is 14.4 Å². The van der Waals surface area contributed by atoms with Crippen LogP contribution in [-0.2, 0) is 6.54 Å². The molecule has 1 aliphatic carbocycles. The van der Waals surface area contributed by atoms with Crippen molar-refractivity contribution in [2.24, 2.45) is 5.92 Å². The van der Waals surface area contributed by atoms with Gasteiger partial charge in [-0.3, -0.25) is 0 Å². The summed E-state index contributed by atoms with van der Waals surface area (Å²) in [5.41, 5.74) is 3.37. The van der Waals surface area contributed by atoms with E-state index < -0.39 is 0 Å². The van der Waals surface area contributed by atoms with Gasteiger partial charge in [-0.05, 0) is 49.1 Å². The van der Waals surface area contributed by atoms with Crippen molar-refractivity contribution in [3.05, 3.63) is 41.9 Å². The van der Waals surface area contributed by atoms with Crippen LogP contribution >= 0.6 is 0 Å². The van der Waals surface area contributed by atoms with Crippen LogP contribution in [-0.4, -0.2) is 32.9 Å². The van der Waals surface area contributed by atoms with Crippen LogP contribution in [0.2, 0.25) is 0 Å². The number of aliphatic hydroxyl groups is 1. The van der Waals surface area contributed by atoms with Crippen LogP contribution in [0.25, 0.3) is 22.3 Å². The fourth-order valence-electron chi connectivity index (χ4n) is 4.39. The van der Waals surface area contributed by atoms with Crippen LogP contribution < -0.4 is 4.74 Å². The fraction of sp³-hybridized carbons (Fsp3) is 0.458. The molecule has 0 spiro atoms. The number of aliphatic hydroxyl groups excluding tert-OH is 1. The molecule has 0 atom stereocenters. The third-order valence-electron chi connectivity index (χ3n) is 6.02. The molecule has 156 valence electrons. The fourth-order valence-corrected chi connectivity index (χ4v) is 4.39. The summed E-state index contributed by atoms with van der Waals surface area (Å²) in [6, 6.07) is 10.0. The smallest absolute Gasteiger partial charge is 0.234 e. The molecule has 6 nitrogen and oxygen atoms in total. The first-order valence-electron chi connectivity index (χ1n) is 10.8. The van der Waals surface area contributed by atoms with Crippen LogP contribution in [0.1, 0.15) is 49.9 Å². The quantitative estimate of drug-likeness (QED) is 0.621. The van der Waals surface area contributed by atoms with Crippen LogP contribution in [0.5, 0.6) is 5.75 Å². The Morgan fingerprint density at radius 2 is 2.03 bits per heavy atom. The van der Waals surface area contributed by atoms with E-state index in [9.17, 15) is 10.4 Å². The number of nitrogens with zero attached hydrogens (tertiary/aromatic N) is 4. The monoisotopic (exact) mass is 404 g/mol. The maximum absolute atomic E-state index is 9.38. The normalized spacial score (nSPS) is 14.7. The van der Waals surface area contributed by atoms with Crippen molar-refractivity contribution >= 4 is 11.0 Å². The lowest BCUT2D eigenvalue weighted by Gasteiger charge is -2.21. The zero-order valence-corrected chi connectivity index (χ0v) is 17.5. The van der Waals surface area contributed by atoms with Crippen LogP contribution in [0.15, 0.2) is 30.5 Å². The zero-order valence-electron chi connectivity index (χ0n) is 17.5. The molecule has 2 heterocycles. The number of benzene rings is 1. The van der Waals surface area contributed by atoms with E-state index in [4.69, 9.17) is 4.74 Å². The lowest BCUT2D eigenvalue weighted by atomic mass is 9.87. The molecular weight excluding hydrogens is 376 g/mol. The van der Waals surface area contributed by atoms with Gasteiger partial charge in [-0.25, -0.2) is 9.97 Å². The molecule has 30 heavy (non-hydrogen) atoms. The molecule has 0 aliphatic heterocycles. The molecule has 4 rings (SSSR count). The van der Waals surface area contributed by atoms with Crippen molar-refractivity contribution in [2.45, 2.75) is 52.0 Å². The highest BCUT2D eigenvalue weighted by molar-refractivity contribution is 5.91. The standard InChI is InChI=1S/C24H28N4O2/c1-17-15-19(7-8-21(17)30-14-10-18-5-3-2-4-6-18)23-20-9-11-28(12-13-29)24(20)27-22(16-25)26-23/h7-9,11,15,18,29H,2-6,10,12-14H2,1H3. The predicted octanol–water partition coefficient (Wildman–Crippen LogP) is 4.62. The van der Waals surface area contributed by atoms with Gasteiger partial charge in [0, 0.05) is 23.7 Å². The van der Waals surface area contributed by atoms with E-state index in [-0.39, 0.29) is 12.4 Å². The summed E-state index contributed by atoms with van der Waals surface area (Å²) in [6.07, 6.45) is 9.76. The summed E-state index contributed by atoms with van der Waals surface area (Å²) in [5, 5.41) is 19.5. The Kier molecular flexibility index (Phi) is 6.29. The Balaban J connectivity index is 1.56. The SMILES string of the molecule is Cc1cc(-c2nc(C#N)nc3c2ccn3CCO)ccc1OCCC1CCCCC1. The van der Waals surface area contributed by atoms with Gasteiger partial charge in [0.25, 0.3) is 0 Å². The largest absolute Gasteiger partial charge is 0.493 e. The van der Waals surface area contributed by atoms with Gasteiger partial charge in [0.1, 0.15) is 17.5 Å². The average molecular weight is 405 g/mol. The van der Waals surface area contributed by atoms with Gasteiger partial charge in [-0.15, -0.1) is 0 Å². The van der Waals surface area contributed by atoms with Crippen LogP contribution in [0.4, 0.5) is 0 Å². The van der Waals surface area contributed by atoms with Crippen molar-refractivity contribution in [1.29, 1.82) is 5.26 Å². The minimum Gasteiger partial charge on any atom is -0.493 e. The molecule has 2 aromatic heterocycles. The Morgan fingerprint density at radius 3 is 2.77 bits per heavy atom. The molecule has 1 fully saturated rings. The van der Waals surface area contributed by atoms with Crippen molar-refractivity contribution in [3.8, 4) is 23.1 Å². The molecule has 0 unspecified atom stereocenters. The van der Waals surface area contributed by atoms with E-state index in [1.165, 1.54) is 32.1 Å². The molecule has 3 aromatic rings. The number of hydrogen-bond donors (Lipinski definition) is 1. The maximum Gasteiger partial charge on any atom is 0.234 e. The number of rotatable bonds is 7. The molecule has 0 saturated heterocycles.